The summed E-state index contributed by atoms with van der Waals surface area (Å²) in [5.74, 6) is 0.0937. The Hall–Kier alpha value is -2.19. The van der Waals surface area contributed by atoms with Crippen molar-refractivity contribution in [3.05, 3.63) is 48.5 Å². The first-order chi connectivity index (χ1) is 12.3. The van der Waals surface area contributed by atoms with Crippen LogP contribution in [0.2, 0.25) is 0 Å². The van der Waals surface area contributed by atoms with Crippen LogP contribution in [-0.2, 0) is 14.8 Å². The summed E-state index contributed by atoms with van der Waals surface area (Å²) in [6, 6.07) is 13.0. The van der Waals surface area contributed by atoms with E-state index in [0.717, 1.165) is 15.5 Å². The quantitative estimate of drug-likeness (QED) is 0.730. The minimum absolute atomic E-state index is 0.368. The van der Waals surface area contributed by atoms with Crippen LogP contribution < -0.4 is 14.4 Å². The van der Waals surface area contributed by atoms with Gasteiger partial charge in [0.2, 0.25) is 15.9 Å². The van der Waals surface area contributed by atoms with Crippen LogP contribution in [0, 0.1) is 0 Å². The number of anilines is 2. The topological polar surface area (TPSA) is 75.7 Å². The number of rotatable bonds is 7. The molecular formula is C18H22N2O4S2. The lowest BCUT2D eigenvalue weighted by Crippen LogP contribution is -2.45. The van der Waals surface area contributed by atoms with Crippen LogP contribution in [0.15, 0.2) is 53.4 Å². The third kappa shape index (κ3) is 4.70. The van der Waals surface area contributed by atoms with E-state index in [1.165, 1.54) is 18.9 Å². The van der Waals surface area contributed by atoms with E-state index >= 15 is 0 Å². The Kier molecular flexibility index (Phi) is 6.55. The summed E-state index contributed by atoms with van der Waals surface area (Å²) in [5, 5.41) is 2.82. The number of nitrogens with zero attached hydrogens (tertiary/aromatic N) is 1. The van der Waals surface area contributed by atoms with E-state index in [1.54, 1.807) is 37.3 Å². The molecule has 0 spiro atoms. The number of carbonyl (C=O) groups is 1. The van der Waals surface area contributed by atoms with Crippen molar-refractivity contribution in [3.63, 3.8) is 0 Å². The molecule has 0 radical (unpaired) electrons. The molecule has 0 bridgehead atoms. The second-order valence-corrected chi connectivity index (χ2v) is 8.33. The van der Waals surface area contributed by atoms with Crippen molar-refractivity contribution < 1.29 is 17.9 Å². The Bertz CT molecular complexity index is 884. The standard InChI is InChI=1S/C18H22N2O4S2/c1-13(18(21)19-16-10-5-6-11-17(16)25-3)20(26(4,22)23)14-8-7-9-15(12-14)24-2/h5-13H,1-4H3,(H,19,21). The Labute approximate surface area is 158 Å². The summed E-state index contributed by atoms with van der Waals surface area (Å²) in [6.07, 6.45) is 2.99. The fourth-order valence-corrected chi connectivity index (χ4v) is 4.26. The molecule has 1 atom stereocenters. The van der Waals surface area contributed by atoms with Crippen LogP contribution in [0.4, 0.5) is 11.4 Å². The average molecular weight is 395 g/mol. The molecule has 0 fully saturated rings. The van der Waals surface area contributed by atoms with E-state index in [1.807, 2.05) is 24.5 Å². The number of hydrogen-bond acceptors (Lipinski definition) is 5. The first-order valence-corrected chi connectivity index (χ1v) is 10.9. The fourth-order valence-electron chi connectivity index (χ4n) is 2.54. The molecule has 0 aliphatic heterocycles. The number of para-hydroxylation sites is 1. The van der Waals surface area contributed by atoms with Crippen molar-refractivity contribution in [3.8, 4) is 5.75 Å². The lowest BCUT2D eigenvalue weighted by molar-refractivity contribution is -0.116. The van der Waals surface area contributed by atoms with Crippen molar-refractivity contribution in [2.45, 2.75) is 17.9 Å². The van der Waals surface area contributed by atoms with Gasteiger partial charge in [0, 0.05) is 11.0 Å². The maximum Gasteiger partial charge on any atom is 0.248 e. The molecule has 2 aromatic rings. The van der Waals surface area contributed by atoms with Gasteiger partial charge in [-0.15, -0.1) is 11.8 Å². The molecule has 1 amide bonds. The Balaban J connectivity index is 2.34. The fraction of sp³-hybridized carbons (Fsp3) is 0.278. The van der Waals surface area contributed by atoms with Gasteiger partial charge >= 0.3 is 0 Å². The first kappa shape index (κ1) is 20.1. The highest BCUT2D eigenvalue weighted by atomic mass is 32.2. The van der Waals surface area contributed by atoms with Crippen LogP contribution in [0.1, 0.15) is 6.92 Å². The number of ether oxygens (including phenoxy) is 1. The molecule has 2 rings (SSSR count). The van der Waals surface area contributed by atoms with Crippen molar-refractivity contribution in [1.82, 2.24) is 0 Å². The molecule has 0 saturated heterocycles. The highest BCUT2D eigenvalue weighted by Crippen LogP contribution is 2.27. The molecule has 1 unspecified atom stereocenters. The molecule has 0 aliphatic carbocycles. The summed E-state index contributed by atoms with van der Waals surface area (Å²) in [6.45, 7) is 1.55. The van der Waals surface area contributed by atoms with Crippen molar-refractivity contribution in [2.24, 2.45) is 0 Å². The van der Waals surface area contributed by atoms with Crippen molar-refractivity contribution in [2.75, 3.05) is 29.2 Å². The lowest BCUT2D eigenvalue weighted by atomic mass is 10.2. The Morgan fingerprint density at radius 1 is 1.19 bits per heavy atom. The Morgan fingerprint density at radius 3 is 2.50 bits per heavy atom. The van der Waals surface area contributed by atoms with Gasteiger partial charge in [-0.25, -0.2) is 8.42 Å². The second kappa shape index (κ2) is 8.46. The lowest BCUT2D eigenvalue weighted by Gasteiger charge is -2.28. The SMILES string of the molecule is COc1cccc(N(C(C)C(=O)Nc2ccccc2SC)S(C)(=O)=O)c1. The number of carbonyl (C=O) groups excluding carboxylic acids is 1. The molecule has 140 valence electrons. The van der Waals surface area contributed by atoms with Crippen LogP contribution in [0.3, 0.4) is 0 Å². The van der Waals surface area contributed by atoms with Gasteiger partial charge in [-0.2, -0.15) is 0 Å². The maximum absolute atomic E-state index is 12.7. The highest BCUT2D eigenvalue weighted by Gasteiger charge is 2.29. The number of thioether (sulfide) groups is 1. The first-order valence-electron chi connectivity index (χ1n) is 7.85. The molecule has 1 N–H and O–H groups in total. The number of benzene rings is 2. The molecule has 2 aromatic carbocycles. The highest BCUT2D eigenvalue weighted by molar-refractivity contribution is 7.98. The third-order valence-corrected chi connectivity index (χ3v) is 5.80. The van der Waals surface area contributed by atoms with E-state index in [0.29, 0.717) is 17.1 Å². The van der Waals surface area contributed by atoms with Crippen LogP contribution >= 0.6 is 11.8 Å². The predicted molar refractivity (Wildman–Crippen MR) is 107 cm³/mol. The number of nitrogens with one attached hydrogen (secondary N) is 1. The van der Waals surface area contributed by atoms with Gasteiger partial charge in [-0.1, -0.05) is 18.2 Å². The van der Waals surface area contributed by atoms with Crippen molar-refractivity contribution in [1.29, 1.82) is 0 Å². The third-order valence-electron chi connectivity index (χ3n) is 3.76. The molecular weight excluding hydrogens is 372 g/mol. The normalized spacial score (nSPS) is 12.3. The van der Waals surface area contributed by atoms with E-state index in [2.05, 4.69) is 5.32 Å². The smallest absolute Gasteiger partial charge is 0.248 e. The molecule has 0 heterocycles. The van der Waals surface area contributed by atoms with Gasteiger partial charge in [0.25, 0.3) is 0 Å². The van der Waals surface area contributed by atoms with E-state index in [4.69, 9.17) is 4.74 Å². The number of methoxy groups -OCH3 is 1. The molecule has 0 aliphatic rings. The molecule has 0 aromatic heterocycles. The summed E-state index contributed by atoms with van der Waals surface area (Å²) in [5.41, 5.74) is 1.02. The zero-order valence-corrected chi connectivity index (χ0v) is 16.7. The van der Waals surface area contributed by atoms with Gasteiger partial charge in [0.15, 0.2) is 0 Å². The number of sulfonamides is 1. The summed E-state index contributed by atoms with van der Waals surface area (Å²) >= 11 is 1.50. The van der Waals surface area contributed by atoms with Crippen molar-refractivity contribution >= 4 is 39.1 Å². The monoisotopic (exact) mass is 394 g/mol. The predicted octanol–water partition coefficient (Wildman–Crippen LogP) is 3.21. The molecule has 0 saturated carbocycles. The van der Waals surface area contributed by atoms with Gasteiger partial charge < -0.3 is 10.1 Å². The summed E-state index contributed by atoms with van der Waals surface area (Å²) < 4.78 is 31.0. The van der Waals surface area contributed by atoms with Gasteiger partial charge in [-0.3, -0.25) is 9.10 Å². The van der Waals surface area contributed by atoms with Gasteiger partial charge in [-0.05, 0) is 37.4 Å². The number of amides is 1. The minimum atomic E-state index is -3.68. The van der Waals surface area contributed by atoms with E-state index in [-0.39, 0.29) is 0 Å². The average Bonchev–Trinajstić information content (AvgIpc) is 2.61. The molecule has 26 heavy (non-hydrogen) atoms. The van der Waals surface area contributed by atoms with E-state index < -0.39 is 22.0 Å². The van der Waals surface area contributed by atoms with E-state index in [9.17, 15) is 13.2 Å². The van der Waals surface area contributed by atoms with Gasteiger partial charge in [0.1, 0.15) is 11.8 Å². The zero-order chi connectivity index (χ0) is 19.3. The minimum Gasteiger partial charge on any atom is -0.497 e. The zero-order valence-electron chi connectivity index (χ0n) is 15.1. The second-order valence-electron chi connectivity index (χ2n) is 5.63. The largest absolute Gasteiger partial charge is 0.497 e. The summed E-state index contributed by atoms with van der Waals surface area (Å²) in [4.78, 5) is 13.6. The van der Waals surface area contributed by atoms with Crippen LogP contribution in [-0.4, -0.2) is 40.0 Å². The number of hydrogen-bond donors (Lipinski definition) is 1. The molecule has 6 nitrogen and oxygen atoms in total. The van der Waals surface area contributed by atoms with Gasteiger partial charge in [0.05, 0.1) is 24.7 Å². The van der Waals surface area contributed by atoms with Crippen LogP contribution in [0.5, 0.6) is 5.75 Å². The van der Waals surface area contributed by atoms with Crippen LogP contribution in [0.25, 0.3) is 0 Å². The summed E-state index contributed by atoms with van der Waals surface area (Å²) in [7, 11) is -2.18. The maximum atomic E-state index is 12.7. The molecule has 8 heteroatoms. The Morgan fingerprint density at radius 2 is 1.88 bits per heavy atom.